The molecule has 0 fully saturated rings. The first-order valence-corrected chi connectivity index (χ1v) is 20.8. The molecule has 1 aliphatic carbocycles. The van der Waals surface area contributed by atoms with Crippen LogP contribution in [-0.2, 0) is 34.1 Å². The van der Waals surface area contributed by atoms with Crippen LogP contribution < -0.4 is 0 Å². The lowest BCUT2D eigenvalue weighted by atomic mass is 9.77. The summed E-state index contributed by atoms with van der Waals surface area (Å²) in [6.07, 6.45) is 0. The van der Waals surface area contributed by atoms with Crippen LogP contribution in [0.4, 0.5) is 0 Å². The first-order chi connectivity index (χ1) is 24.5. The zero-order valence-corrected chi connectivity index (χ0v) is 38.9. The largest absolute Gasteiger partial charge is 0.344 e. The van der Waals surface area contributed by atoms with Crippen molar-refractivity contribution in [1.29, 1.82) is 0 Å². The molecule has 0 spiro atoms. The van der Waals surface area contributed by atoms with Crippen molar-refractivity contribution in [2.45, 2.75) is 179 Å². The van der Waals surface area contributed by atoms with Gasteiger partial charge >= 0.3 is 0 Å². The van der Waals surface area contributed by atoms with E-state index in [9.17, 15) is 0 Å². The van der Waals surface area contributed by atoms with E-state index >= 15 is 0 Å². The van der Waals surface area contributed by atoms with Crippen LogP contribution in [0.3, 0.4) is 0 Å². The van der Waals surface area contributed by atoms with Gasteiger partial charge in [-0.2, -0.15) is 0 Å². The van der Waals surface area contributed by atoms with Crippen LogP contribution in [0, 0.1) is 0 Å². The van der Waals surface area contributed by atoms with Gasteiger partial charge in [-0.25, -0.2) is 0 Å². The Hall–Kier alpha value is -3.32. The van der Waals surface area contributed by atoms with Crippen molar-refractivity contribution < 1.29 is 0 Å². The van der Waals surface area contributed by atoms with Crippen LogP contribution in [0.5, 0.6) is 0 Å². The van der Waals surface area contributed by atoms with Crippen molar-refractivity contribution in [3.05, 3.63) is 106 Å². The van der Waals surface area contributed by atoms with Gasteiger partial charge in [-0.15, -0.1) is 0 Å². The maximum absolute atomic E-state index is 2.44. The number of aryl methyl sites for hydroxylation is 1. The fourth-order valence-corrected chi connectivity index (χ4v) is 6.81. The molecule has 0 saturated heterocycles. The third kappa shape index (κ3) is 10.5. The van der Waals surface area contributed by atoms with Gasteiger partial charge in [0.25, 0.3) is 0 Å². The van der Waals surface area contributed by atoms with Crippen molar-refractivity contribution >= 4 is 21.8 Å². The standard InChI is InChI=1S/C23H30.C21H27N.4C2H6/c1-21(2,3)15-9-11-17-18-12-10-16(22(4,5)6)14-20(18)23(7,8)19(17)13-15;1-20(2,3)14-8-10-16-17-11-9-15(21(4,5)6)13-19(17)22(7)18(16)12-14;4*1-2/h9-14H,1-8H3;8-13H,1-7H3;4*1-2H3. The maximum atomic E-state index is 2.44. The minimum absolute atomic E-state index is 0.0766. The lowest BCUT2D eigenvalue weighted by Crippen LogP contribution is -2.19. The molecule has 53 heavy (non-hydrogen) atoms. The third-order valence-corrected chi connectivity index (χ3v) is 10.1. The summed E-state index contributed by atoms with van der Waals surface area (Å²) < 4.78 is 2.34. The highest BCUT2D eigenvalue weighted by atomic mass is 14.9. The highest BCUT2D eigenvalue weighted by Gasteiger charge is 2.37. The molecule has 1 aromatic heterocycles. The van der Waals surface area contributed by atoms with E-state index in [2.05, 4.69) is 181 Å². The van der Waals surface area contributed by atoms with Gasteiger partial charge in [0.05, 0.1) is 0 Å². The Bertz CT molecular complexity index is 1760. The molecule has 0 radical (unpaired) electrons. The van der Waals surface area contributed by atoms with Gasteiger partial charge in [-0.3, -0.25) is 0 Å². The summed E-state index contributed by atoms with van der Waals surface area (Å²) >= 11 is 0. The minimum Gasteiger partial charge on any atom is -0.344 e. The summed E-state index contributed by atoms with van der Waals surface area (Å²) in [5.41, 5.74) is 14.9. The van der Waals surface area contributed by atoms with E-state index in [-0.39, 0.29) is 27.1 Å². The summed E-state index contributed by atoms with van der Waals surface area (Å²) in [7, 11) is 2.18. The van der Waals surface area contributed by atoms with Crippen molar-refractivity contribution in [2.75, 3.05) is 0 Å². The van der Waals surface area contributed by atoms with Crippen LogP contribution in [0.25, 0.3) is 32.9 Å². The van der Waals surface area contributed by atoms with E-state index in [0.717, 1.165) is 0 Å². The number of benzene rings is 4. The first-order valence-electron chi connectivity index (χ1n) is 20.8. The molecule has 5 aromatic rings. The second-order valence-electron chi connectivity index (χ2n) is 18.2. The van der Waals surface area contributed by atoms with E-state index in [1.807, 2.05) is 55.4 Å². The molecule has 1 heterocycles. The van der Waals surface area contributed by atoms with Gasteiger partial charge in [0.15, 0.2) is 0 Å². The van der Waals surface area contributed by atoms with Crippen LogP contribution in [-0.4, -0.2) is 4.57 Å². The quantitative estimate of drug-likeness (QED) is 0.150. The molecule has 4 aromatic carbocycles. The SMILES string of the molecule is CC.CC.CC.CC.CC(C)(C)c1ccc2c(c1)C(C)(C)c1cc(C(C)(C)C)ccc1-2.Cn1c2cc(C(C)(C)C)ccc2c2ccc(C(C)(C)C)cc21. The molecule has 1 aliphatic rings. The average Bonchev–Trinajstić information content (AvgIpc) is 3.52. The van der Waals surface area contributed by atoms with Gasteiger partial charge in [0.2, 0.25) is 0 Å². The highest BCUT2D eigenvalue weighted by molar-refractivity contribution is 6.08. The number of fused-ring (bicyclic) bond motifs is 6. The van der Waals surface area contributed by atoms with E-state index in [1.54, 1.807) is 0 Å². The molecule has 0 bridgehead atoms. The molecule has 0 aliphatic heterocycles. The summed E-state index contributed by atoms with van der Waals surface area (Å²) in [6, 6.07) is 28.0. The van der Waals surface area contributed by atoms with Crippen LogP contribution in [0.2, 0.25) is 0 Å². The topological polar surface area (TPSA) is 4.93 Å². The summed E-state index contributed by atoms with van der Waals surface area (Å²) in [5.74, 6) is 0. The number of hydrogen-bond donors (Lipinski definition) is 0. The second kappa shape index (κ2) is 18.3. The van der Waals surface area contributed by atoms with Crippen molar-refractivity contribution in [2.24, 2.45) is 7.05 Å². The van der Waals surface area contributed by atoms with Crippen molar-refractivity contribution in [1.82, 2.24) is 4.57 Å². The van der Waals surface area contributed by atoms with Crippen LogP contribution >= 0.6 is 0 Å². The zero-order valence-electron chi connectivity index (χ0n) is 38.9. The van der Waals surface area contributed by atoms with Gasteiger partial charge in [-0.1, -0.05) is 213 Å². The average molecular weight is 720 g/mol. The van der Waals surface area contributed by atoms with Gasteiger partial charge in [-0.05, 0) is 78.3 Å². The predicted molar refractivity (Wildman–Crippen MR) is 245 cm³/mol. The Labute approximate surface area is 329 Å². The summed E-state index contributed by atoms with van der Waals surface area (Å²) in [4.78, 5) is 0. The number of hydrogen-bond acceptors (Lipinski definition) is 0. The van der Waals surface area contributed by atoms with E-state index in [1.165, 1.54) is 66.3 Å². The molecule has 0 amide bonds. The molecule has 1 nitrogen and oxygen atoms in total. The van der Waals surface area contributed by atoms with Gasteiger partial charge < -0.3 is 4.57 Å². The fraction of sp³-hybridized carbons (Fsp3) is 0.538. The fourth-order valence-electron chi connectivity index (χ4n) is 6.81. The molecule has 0 unspecified atom stereocenters. The molecular weight excluding hydrogens is 639 g/mol. The smallest absolute Gasteiger partial charge is 0.0491 e. The van der Waals surface area contributed by atoms with Gasteiger partial charge in [0, 0.05) is 34.3 Å². The lowest BCUT2D eigenvalue weighted by Gasteiger charge is -2.26. The molecule has 6 rings (SSSR count). The van der Waals surface area contributed by atoms with Crippen LogP contribution in [0.15, 0.2) is 72.8 Å². The molecule has 1 heteroatoms. The zero-order chi connectivity index (χ0) is 41.5. The summed E-state index contributed by atoms with van der Waals surface area (Å²) in [6.45, 7) is 48.1. The number of rotatable bonds is 0. The minimum atomic E-state index is 0.0766. The second-order valence-corrected chi connectivity index (χ2v) is 18.2. The normalized spacial score (nSPS) is 13.0. The molecule has 294 valence electrons. The maximum Gasteiger partial charge on any atom is 0.0491 e. The third-order valence-electron chi connectivity index (χ3n) is 10.1. The van der Waals surface area contributed by atoms with E-state index in [0.29, 0.717) is 0 Å². The van der Waals surface area contributed by atoms with Crippen LogP contribution in [0.1, 0.15) is 186 Å². The first kappa shape index (κ1) is 47.7. The predicted octanol–water partition coefficient (Wildman–Crippen LogP) is 16.6. The Morgan fingerprint density at radius 3 is 0.887 bits per heavy atom. The Kier molecular flexibility index (Phi) is 16.5. The molecule has 0 saturated carbocycles. The number of aromatic nitrogens is 1. The lowest BCUT2D eigenvalue weighted by molar-refractivity contribution is 0.580. The van der Waals surface area contributed by atoms with Crippen molar-refractivity contribution in [3.63, 3.8) is 0 Å². The van der Waals surface area contributed by atoms with Crippen molar-refractivity contribution in [3.8, 4) is 11.1 Å². The molecule has 0 atom stereocenters. The highest BCUT2D eigenvalue weighted by Crippen LogP contribution is 2.50. The number of nitrogens with zero attached hydrogens (tertiary/aromatic N) is 1. The van der Waals surface area contributed by atoms with E-state index in [4.69, 9.17) is 0 Å². The Balaban J connectivity index is 0.000000447. The van der Waals surface area contributed by atoms with Gasteiger partial charge in [0.1, 0.15) is 0 Å². The Morgan fingerprint density at radius 2 is 0.623 bits per heavy atom. The Morgan fingerprint density at radius 1 is 0.377 bits per heavy atom. The molecule has 0 N–H and O–H groups in total. The molecular formula is C52H81N. The monoisotopic (exact) mass is 720 g/mol. The van der Waals surface area contributed by atoms with E-state index < -0.39 is 0 Å². The summed E-state index contributed by atoms with van der Waals surface area (Å²) in [5, 5.41) is 2.71.